The maximum Gasteiger partial charge on any atom is 0.0291 e. The van der Waals surface area contributed by atoms with E-state index in [4.69, 9.17) is 0 Å². The molecule has 1 heteroatoms. The summed E-state index contributed by atoms with van der Waals surface area (Å²) in [5.41, 5.74) is 2.88. The molecular weight excluding hydrogens is 242 g/mol. The van der Waals surface area contributed by atoms with E-state index in [9.17, 15) is 0 Å². The molecule has 1 saturated carbocycles. The summed E-state index contributed by atoms with van der Waals surface area (Å²) < 4.78 is 0. The Kier molecular flexibility index (Phi) is 6.59. The molecule has 112 valence electrons. The van der Waals surface area contributed by atoms with Gasteiger partial charge in [-0.2, -0.15) is 0 Å². The molecule has 1 aromatic carbocycles. The summed E-state index contributed by atoms with van der Waals surface area (Å²) in [5.74, 6) is 1.03. The fraction of sp³-hybridized carbons (Fsp3) is 0.684. The van der Waals surface area contributed by atoms with Crippen molar-refractivity contribution in [1.82, 2.24) is 5.32 Å². The predicted octanol–water partition coefficient (Wildman–Crippen LogP) is 5.26. The first-order chi connectivity index (χ1) is 9.79. The highest BCUT2D eigenvalue weighted by atomic mass is 14.9. The van der Waals surface area contributed by atoms with Crippen LogP contribution in [0, 0.1) is 5.92 Å². The van der Waals surface area contributed by atoms with Gasteiger partial charge in [0.05, 0.1) is 0 Å². The maximum absolute atomic E-state index is 3.67. The molecule has 1 aliphatic rings. The minimum absolute atomic E-state index is 0.481. The van der Waals surface area contributed by atoms with Gasteiger partial charge in [-0.3, -0.25) is 0 Å². The van der Waals surface area contributed by atoms with Crippen molar-refractivity contribution in [2.45, 2.75) is 71.3 Å². The Labute approximate surface area is 125 Å². The summed E-state index contributed by atoms with van der Waals surface area (Å²) in [6.07, 6.45) is 11.1. The monoisotopic (exact) mass is 273 g/mol. The van der Waals surface area contributed by atoms with Gasteiger partial charge in [0.2, 0.25) is 0 Å². The van der Waals surface area contributed by atoms with Crippen molar-refractivity contribution in [2.24, 2.45) is 5.92 Å². The summed E-state index contributed by atoms with van der Waals surface area (Å²) in [7, 11) is 0. The number of benzene rings is 1. The van der Waals surface area contributed by atoms with Gasteiger partial charge in [-0.25, -0.2) is 0 Å². The van der Waals surface area contributed by atoms with E-state index in [-0.39, 0.29) is 0 Å². The maximum atomic E-state index is 3.67. The first kappa shape index (κ1) is 15.6. The smallest absolute Gasteiger partial charge is 0.0291 e. The molecule has 1 nitrogen and oxygen atoms in total. The number of hydrogen-bond acceptors (Lipinski definition) is 1. The van der Waals surface area contributed by atoms with Gasteiger partial charge in [0.15, 0.2) is 0 Å². The van der Waals surface area contributed by atoms with Gasteiger partial charge >= 0.3 is 0 Å². The van der Waals surface area contributed by atoms with Gasteiger partial charge in [-0.1, -0.05) is 63.3 Å². The van der Waals surface area contributed by atoms with E-state index in [1.54, 1.807) is 0 Å². The molecule has 1 unspecified atom stereocenters. The van der Waals surface area contributed by atoms with Gasteiger partial charge in [0.25, 0.3) is 0 Å². The third kappa shape index (κ3) is 4.94. The van der Waals surface area contributed by atoms with Crippen LogP contribution in [0.25, 0.3) is 0 Å². The van der Waals surface area contributed by atoms with Crippen LogP contribution in [0.5, 0.6) is 0 Å². The quantitative estimate of drug-likeness (QED) is 0.637. The third-order valence-corrected chi connectivity index (χ3v) is 4.73. The largest absolute Gasteiger partial charge is 0.310 e. The summed E-state index contributed by atoms with van der Waals surface area (Å²) in [6.45, 7) is 5.68. The van der Waals surface area contributed by atoms with Crippen molar-refractivity contribution in [3.05, 3.63) is 35.4 Å². The van der Waals surface area contributed by atoms with E-state index >= 15 is 0 Å². The molecule has 1 aromatic rings. The van der Waals surface area contributed by atoms with Crippen molar-refractivity contribution >= 4 is 0 Å². The molecule has 0 heterocycles. The normalized spacial score (nSPS) is 17.5. The van der Waals surface area contributed by atoms with E-state index in [1.807, 2.05) is 0 Å². The molecule has 0 aliphatic heterocycles. The van der Waals surface area contributed by atoms with E-state index in [0.29, 0.717) is 6.04 Å². The van der Waals surface area contributed by atoms with Crippen LogP contribution in [0.1, 0.15) is 76.0 Å². The Morgan fingerprint density at radius 1 is 1.15 bits per heavy atom. The van der Waals surface area contributed by atoms with Crippen molar-refractivity contribution in [2.75, 3.05) is 6.54 Å². The van der Waals surface area contributed by atoms with Crippen molar-refractivity contribution in [1.29, 1.82) is 0 Å². The molecule has 2 rings (SSSR count). The lowest BCUT2D eigenvalue weighted by Gasteiger charge is -2.16. The highest BCUT2D eigenvalue weighted by Gasteiger charge is 2.14. The van der Waals surface area contributed by atoms with Crippen LogP contribution < -0.4 is 5.32 Å². The van der Waals surface area contributed by atoms with E-state index in [2.05, 4.69) is 43.4 Å². The van der Waals surface area contributed by atoms with E-state index < -0.39 is 0 Å². The molecule has 20 heavy (non-hydrogen) atoms. The standard InChI is InChI=1S/C19H31N/c1-3-7-17-11-13-19(14-12-17)16(2)20-15-6-10-18-8-4-5-9-18/h11-14,16,18,20H,3-10,15H2,1-2H3. The molecule has 0 aromatic heterocycles. The van der Waals surface area contributed by atoms with Crippen molar-refractivity contribution in [3.8, 4) is 0 Å². The lowest BCUT2D eigenvalue weighted by Crippen LogP contribution is -2.20. The van der Waals surface area contributed by atoms with Crippen molar-refractivity contribution < 1.29 is 0 Å². The van der Waals surface area contributed by atoms with Crippen LogP contribution in [0.4, 0.5) is 0 Å². The van der Waals surface area contributed by atoms with Gasteiger partial charge in [-0.05, 0) is 49.8 Å². The molecule has 0 spiro atoms. The average molecular weight is 273 g/mol. The number of aryl methyl sites for hydroxylation is 1. The van der Waals surface area contributed by atoms with Crippen LogP contribution >= 0.6 is 0 Å². The molecule has 0 radical (unpaired) electrons. The van der Waals surface area contributed by atoms with Crippen LogP contribution in [-0.2, 0) is 6.42 Å². The van der Waals surface area contributed by atoms with Crippen LogP contribution in [0.15, 0.2) is 24.3 Å². The Morgan fingerprint density at radius 3 is 2.50 bits per heavy atom. The molecular formula is C19H31N. The van der Waals surface area contributed by atoms with Crippen LogP contribution in [0.3, 0.4) is 0 Å². The summed E-state index contributed by atoms with van der Waals surface area (Å²) in [6, 6.07) is 9.64. The zero-order valence-corrected chi connectivity index (χ0v) is 13.3. The lowest BCUT2D eigenvalue weighted by molar-refractivity contribution is 0.456. The van der Waals surface area contributed by atoms with E-state index in [0.717, 1.165) is 12.5 Å². The highest BCUT2D eigenvalue weighted by Crippen LogP contribution is 2.28. The molecule has 1 aliphatic carbocycles. The molecule has 0 bridgehead atoms. The second kappa shape index (κ2) is 8.46. The Morgan fingerprint density at radius 2 is 1.85 bits per heavy atom. The average Bonchev–Trinajstić information content (AvgIpc) is 2.98. The zero-order valence-electron chi connectivity index (χ0n) is 13.3. The fourth-order valence-electron chi connectivity index (χ4n) is 3.39. The third-order valence-electron chi connectivity index (χ3n) is 4.73. The predicted molar refractivity (Wildman–Crippen MR) is 88.0 cm³/mol. The molecule has 1 N–H and O–H groups in total. The van der Waals surface area contributed by atoms with Gasteiger partial charge in [-0.15, -0.1) is 0 Å². The molecule has 1 fully saturated rings. The molecule has 0 saturated heterocycles. The lowest BCUT2D eigenvalue weighted by atomic mass is 10.0. The zero-order chi connectivity index (χ0) is 14.2. The SMILES string of the molecule is CCCc1ccc(C(C)NCCCC2CCCC2)cc1. The fourth-order valence-corrected chi connectivity index (χ4v) is 3.39. The number of nitrogens with one attached hydrogen (secondary N) is 1. The highest BCUT2D eigenvalue weighted by molar-refractivity contribution is 5.24. The number of hydrogen-bond donors (Lipinski definition) is 1. The second-order valence-corrected chi connectivity index (χ2v) is 6.46. The van der Waals surface area contributed by atoms with Gasteiger partial charge < -0.3 is 5.32 Å². The van der Waals surface area contributed by atoms with Crippen LogP contribution in [0.2, 0.25) is 0 Å². The second-order valence-electron chi connectivity index (χ2n) is 6.46. The Hall–Kier alpha value is -0.820. The van der Waals surface area contributed by atoms with Gasteiger partial charge in [0, 0.05) is 6.04 Å². The number of rotatable bonds is 8. The first-order valence-electron chi connectivity index (χ1n) is 8.62. The van der Waals surface area contributed by atoms with Crippen molar-refractivity contribution in [3.63, 3.8) is 0 Å². The minimum Gasteiger partial charge on any atom is -0.310 e. The Balaban J connectivity index is 1.66. The Bertz CT molecular complexity index is 362. The summed E-state index contributed by atoms with van der Waals surface area (Å²) >= 11 is 0. The summed E-state index contributed by atoms with van der Waals surface area (Å²) in [4.78, 5) is 0. The van der Waals surface area contributed by atoms with E-state index in [1.165, 1.54) is 62.5 Å². The topological polar surface area (TPSA) is 12.0 Å². The van der Waals surface area contributed by atoms with Gasteiger partial charge in [0.1, 0.15) is 0 Å². The molecule has 0 amide bonds. The minimum atomic E-state index is 0.481. The summed E-state index contributed by atoms with van der Waals surface area (Å²) in [5, 5.41) is 3.67. The van der Waals surface area contributed by atoms with Crippen LogP contribution in [-0.4, -0.2) is 6.54 Å². The first-order valence-corrected chi connectivity index (χ1v) is 8.62. The molecule has 1 atom stereocenters.